The Morgan fingerprint density at radius 2 is 1.55 bits per heavy atom. The molecule has 0 radical (unpaired) electrons. The number of rotatable bonds is 1. The molecule has 0 aliphatic carbocycles. The molecule has 0 saturated carbocycles. The number of benzene rings is 2. The Hall–Kier alpha value is -2.62. The molecule has 3 aromatic rings. The van der Waals surface area contributed by atoms with Gasteiger partial charge in [0.05, 0.1) is 11.1 Å². The summed E-state index contributed by atoms with van der Waals surface area (Å²) < 4.78 is 6.28. The molecule has 1 heterocycles. The highest BCUT2D eigenvalue weighted by atomic mass is 16.4. The van der Waals surface area contributed by atoms with Gasteiger partial charge < -0.3 is 4.42 Å². The normalized spacial score (nSPS) is 10.9. The van der Waals surface area contributed by atoms with Crippen LogP contribution in [-0.2, 0) is 0 Å². The van der Waals surface area contributed by atoms with Crippen molar-refractivity contribution in [2.24, 2.45) is 0 Å². The first-order valence-corrected chi connectivity index (χ1v) is 6.30. The van der Waals surface area contributed by atoms with Gasteiger partial charge in [0.1, 0.15) is 5.58 Å². The molecule has 4 heteroatoms. The molecular weight excluding hydrogens is 254 g/mol. The van der Waals surface area contributed by atoms with Gasteiger partial charge in [-0.15, -0.1) is 0 Å². The third kappa shape index (κ3) is 1.95. The predicted molar refractivity (Wildman–Crippen MR) is 77.6 cm³/mol. The van der Waals surface area contributed by atoms with Gasteiger partial charge in [0.25, 0.3) is 5.56 Å². The van der Waals surface area contributed by atoms with Crippen LogP contribution in [0, 0.1) is 13.8 Å². The average Bonchev–Trinajstić information content (AvgIpc) is 2.42. The number of hydrogen-bond donors (Lipinski definition) is 0. The van der Waals surface area contributed by atoms with Gasteiger partial charge in [-0.05, 0) is 38.1 Å². The van der Waals surface area contributed by atoms with E-state index in [0.717, 1.165) is 15.7 Å². The molecule has 0 N–H and O–H groups in total. The maximum absolute atomic E-state index is 12.5. The van der Waals surface area contributed by atoms with Gasteiger partial charge in [0.2, 0.25) is 0 Å². The number of hydrogen-bond acceptors (Lipinski definition) is 3. The van der Waals surface area contributed by atoms with Crippen molar-refractivity contribution in [3.8, 4) is 5.69 Å². The Balaban J connectivity index is 2.39. The highest BCUT2D eigenvalue weighted by molar-refractivity contribution is 5.76. The fraction of sp³-hybridized carbons (Fsp3) is 0.125. The molecule has 4 nitrogen and oxygen atoms in total. The second-order valence-corrected chi connectivity index (χ2v) is 4.84. The van der Waals surface area contributed by atoms with Crippen LogP contribution in [-0.4, -0.2) is 4.57 Å². The zero-order chi connectivity index (χ0) is 14.3. The molecule has 0 bridgehead atoms. The van der Waals surface area contributed by atoms with Gasteiger partial charge in [-0.25, -0.2) is 9.36 Å². The van der Waals surface area contributed by atoms with Crippen molar-refractivity contribution in [2.45, 2.75) is 13.8 Å². The SMILES string of the molecule is Cc1ccc(-n2c(=O)oc3ccc(C)cc3c2=O)cc1. The first-order chi connectivity index (χ1) is 9.56. The largest absolute Gasteiger partial charge is 0.426 e. The van der Waals surface area contributed by atoms with E-state index < -0.39 is 5.76 Å². The lowest BCUT2D eigenvalue weighted by molar-refractivity contribution is 0.504. The van der Waals surface area contributed by atoms with Gasteiger partial charge in [-0.2, -0.15) is 0 Å². The number of fused-ring (bicyclic) bond motifs is 1. The summed E-state index contributed by atoms with van der Waals surface area (Å²) in [7, 11) is 0. The summed E-state index contributed by atoms with van der Waals surface area (Å²) in [5.74, 6) is -0.671. The summed E-state index contributed by atoms with van der Waals surface area (Å²) in [6, 6.07) is 12.3. The molecule has 0 unspecified atom stereocenters. The number of aromatic nitrogens is 1. The molecule has 0 aliphatic rings. The van der Waals surface area contributed by atoms with Crippen molar-refractivity contribution in [1.29, 1.82) is 0 Å². The van der Waals surface area contributed by atoms with Gasteiger partial charge in [-0.3, -0.25) is 4.79 Å². The molecule has 0 aliphatic heterocycles. The highest BCUT2D eigenvalue weighted by Crippen LogP contribution is 2.12. The molecule has 1 aromatic heterocycles. The van der Waals surface area contributed by atoms with E-state index >= 15 is 0 Å². The minimum atomic E-state index is -0.671. The van der Waals surface area contributed by atoms with Crippen molar-refractivity contribution < 1.29 is 4.42 Å². The highest BCUT2D eigenvalue weighted by Gasteiger charge is 2.11. The molecule has 20 heavy (non-hydrogen) atoms. The second kappa shape index (κ2) is 4.49. The molecule has 3 rings (SSSR count). The standard InChI is InChI=1S/C16H13NO3/c1-10-3-6-12(7-4-10)17-15(18)13-9-11(2)5-8-14(13)20-16(17)19/h3-9H,1-2H3. The third-order valence-corrected chi connectivity index (χ3v) is 3.24. The van der Waals surface area contributed by atoms with E-state index in [9.17, 15) is 9.59 Å². The summed E-state index contributed by atoms with van der Waals surface area (Å²) in [6.07, 6.45) is 0. The van der Waals surface area contributed by atoms with Crippen LogP contribution < -0.4 is 11.3 Å². The van der Waals surface area contributed by atoms with Crippen LogP contribution in [0.4, 0.5) is 0 Å². The van der Waals surface area contributed by atoms with Crippen LogP contribution in [0.1, 0.15) is 11.1 Å². The van der Waals surface area contributed by atoms with E-state index in [-0.39, 0.29) is 5.56 Å². The molecule has 0 amide bonds. The van der Waals surface area contributed by atoms with Gasteiger partial charge in [0.15, 0.2) is 0 Å². The summed E-state index contributed by atoms with van der Waals surface area (Å²) >= 11 is 0. The lowest BCUT2D eigenvalue weighted by atomic mass is 10.2. The van der Waals surface area contributed by atoms with E-state index in [1.54, 1.807) is 30.3 Å². The Morgan fingerprint density at radius 1 is 0.900 bits per heavy atom. The first-order valence-electron chi connectivity index (χ1n) is 6.30. The smallest absolute Gasteiger partial charge is 0.409 e. The topological polar surface area (TPSA) is 52.2 Å². The number of nitrogens with zero attached hydrogens (tertiary/aromatic N) is 1. The van der Waals surface area contributed by atoms with Gasteiger partial charge >= 0.3 is 5.76 Å². The van der Waals surface area contributed by atoms with Gasteiger partial charge in [-0.1, -0.05) is 29.3 Å². The second-order valence-electron chi connectivity index (χ2n) is 4.84. The fourth-order valence-corrected chi connectivity index (χ4v) is 2.16. The third-order valence-electron chi connectivity index (χ3n) is 3.24. The predicted octanol–water partition coefficient (Wildman–Crippen LogP) is 2.56. The van der Waals surface area contributed by atoms with Crippen molar-refractivity contribution in [3.63, 3.8) is 0 Å². The van der Waals surface area contributed by atoms with E-state index in [4.69, 9.17) is 4.42 Å². The quantitative estimate of drug-likeness (QED) is 0.681. The van der Waals surface area contributed by atoms with E-state index in [1.165, 1.54) is 0 Å². The van der Waals surface area contributed by atoms with E-state index in [2.05, 4.69) is 0 Å². The van der Waals surface area contributed by atoms with Crippen LogP contribution in [0.2, 0.25) is 0 Å². The zero-order valence-corrected chi connectivity index (χ0v) is 11.2. The van der Waals surface area contributed by atoms with Crippen LogP contribution in [0.5, 0.6) is 0 Å². The first kappa shape index (κ1) is 12.4. The minimum Gasteiger partial charge on any atom is -0.409 e. The molecule has 100 valence electrons. The van der Waals surface area contributed by atoms with Crippen LogP contribution in [0.25, 0.3) is 16.7 Å². The Bertz CT molecular complexity index is 902. The lowest BCUT2D eigenvalue weighted by Crippen LogP contribution is -2.30. The van der Waals surface area contributed by atoms with Crippen molar-refractivity contribution >= 4 is 11.0 Å². The van der Waals surface area contributed by atoms with Crippen LogP contribution in [0.15, 0.2) is 56.5 Å². The van der Waals surface area contributed by atoms with Crippen LogP contribution >= 0.6 is 0 Å². The molecule has 0 fully saturated rings. The van der Waals surface area contributed by atoms with Crippen LogP contribution in [0.3, 0.4) is 0 Å². The van der Waals surface area contributed by atoms with E-state index in [1.807, 2.05) is 26.0 Å². The monoisotopic (exact) mass is 267 g/mol. The summed E-state index contributed by atoms with van der Waals surface area (Å²) in [5, 5.41) is 0.408. The summed E-state index contributed by atoms with van der Waals surface area (Å²) in [4.78, 5) is 24.5. The zero-order valence-electron chi connectivity index (χ0n) is 11.2. The molecular formula is C16H13NO3. The van der Waals surface area contributed by atoms with Crippen molar-refractivity contribution in [2.75, 3.05) is 0 Å². The van der Waals surface area contributed by atoms with Crippen molar-refractivity contribution in [3.05, 3.63) is 74.5 Å². The average molecular weight is 267 g/mol. The molecule has 0 atom stereocenters. The number of aryl methyl sites for hydroxylation is 2. The molecule has 2 aromatic carbocycles. The molecule has 0 spiro atoms. The minimum absolute atomic E-state index is 0.314. The van der Waals surface area contributed by atoms with Crippen molar-refractivity contribution in [1.82, 2.24) is 4.57 Å². The fourth-order valence-electron chi connectivity index (χ4n) is 2.16. The summed E-state index contributed by atoms with van der Waals surface area (Å²) in [5.41, 5.74) is 2.47. The lowest BCUT2D eigenvalue weighted by Gasteiger charge is -2.06. The Morgan fingerprint density at radius 3 is 2.25 bits per heavy atom. The Labute approximate surface area is 114 Å². The summed E-state index contributed by atoms with van der Waals surface area (Å²) in [6.45, 7) is 3.83. The maximum atomic E-state index is 12.5. The maximum Gasteiger partial charge on any atom is 0.426 e. The Kier molecular flexibility index (Phi) is 2.79. The van der Waals surface area contributed by atoms with Gasteiger partial charge in [0, 0.05) is 0 Å². The molecule has 0 saturated heterocycles. The van der Waals surface area contributed by atoms with E-state index in [0.29, 0.717) is 16.7 Å².